The van der Waals surface area contributed by atoms with Gasteiger partial charge in [0.25, 0.3) is 5.91 Å². The van der Waals surface area contributed by atoms with Crippen LogP contribution in [0, 0.1) is 0 Å². The van der Waals surface area contributed by atoms with Crippen molar-refractivity contribution in [3.63, 3.8) is 0 Å². The van der Waals surface area contributed by atoms with Crippen LogP contribution >= 0.6 is 34.8 Å². The molecule has 0 fully saturated rings. The van der Waals surface area contributed by atoms with Gasteiger partial charge in [0.05, 0.1) is 16.1 Å². The molecule has 0 bridgehead atoms. The largest absolute Gasteiger partial charge is 0.344 e. The molecule has 0 saturated carbocycles. The van der Waals surface area contributed by atoms with Crippen LogP contribution in [0.4, 0.5) is 0 Å². The summed E-state index contributed by atoms with van der Waals surface area (Å²) >= 11 is 17.4. The summed E-state index contributed by atoms with van der Waals surface area (Å²) in [5, 5.41) is 11.3. The van der Waals surface area contributed by atoms with Crippen LogP contribution in [0.3, 0.4) is 0 Å². The van der Waals surface area contributed by atoms with Crippen molar-refractivity contribution in [3.05, 3.63) is 56.8 Å². The van der Waals surface area contributed by atoms with E-state index in [1.165, 1.54) is 12.1 Å². The van der Waals surface area contributed by atoms with Crippen LogP contribution in [0.25, 0.3) is 0 Å². The lowest BCUT2D eigenvalue weighted by Crippen LogP contribution is -2.27. The summed E-state index contributed by atoms with van der Waals surface area (Å²) in [6, 6.07) is 7.97. The number of halogens is 3. The first-order chi connectivity index (χ1) is 9.47. The molecule has 0 spiro atoms. The maximum atomic E-state index is 12.0. The summed E-state index contributed by atoms with van der Waals surface area (Å²) in [4.78, 5) is 12.0. The van der Waals surface area contributed by atoms with Gasteiger partial charge in [-0.05, 0) is 36.8 Å². The topological polar surface area (TPSA) is 54.9 Å². The van der Waals surface area contributed by atoms with Crippen molar-refractivity contribution in [2.45, 2.75) is 13.0 Å². The fourth-order valence-electron chi connectivity index (χ4n) is 1.57. The van der Waals surface area contributed by atoms with E-state index in [2.05, 4.69) is 15.5 Å². The first kappa shape index (κ1) is 15.0. The molecule has 1 heterocycles. The SMILES string of the molecule is CC(NC(=O)c1ccc(Cl)nn1)c1ccc(Cl)c(Cl)c1. The summed E-state index contributed by atoms with van der Waals surface area (Å²) in [5.41, 5.74) is 1.04. The van der Waals surface area contributed by atoms with E-state index in [1.54, 1.807) is 18.2 Å². The lowest BCUT2D eigenvalue weighted by Gasteiger charge is -2.14. The predicted octanol–water partition coefficient (Wildman–Crippen LogP) is 3.93. The molecule has 104 valence electrons. The number of amides is 1. The quantitative estimate of drug-likeness (QED) is 0.927. The highest BCUT2D eigenvalue weighted by atomic mass is 35.5. The van der Waals surface area contributed by atoms with Crippen molar-refractivity contribution >= 4 is 40.7 Å². The molecule has 1 aromatic heterocycles. The number of nitrogens with one attached hydrogen (secondary N) is 1. The lowest BCUT2D eigenvalue weighted by atomic mass is 10.1. The van der Waals surface area contributed by atoms with Gasteiger partial charge in [-0.1, -0.05) is 40.9 Å². The molecule has 2 aromatic rings. The zero-order valence-corrected chi connectivity index (χ0v) is 12.7. The second kappa shape index (κ2) is 6.39. The number of rotatable bonds is 3. The van der Waals surface area contributed by atoms with E-state index < -0.39 is 0 Å². The van der Waals surface area contributed by atoms with Gasteiger partial charge in [0, 0.05) is 0 Å². The minimum Gasteiger partial charge on any atom is -0.344 e. The van der Waals surface area contributed by atoms with E-state index in [0.717, 1.165) is 5.56 Å². The van der Waals surface area contributed by atoms with Crippen molar-refractivity contribution in [2.75, 3.05) is 0 Å². The van der Waals surface area contributed by atoms with Gasteiger partial charge in [-0.25, -0.2) is 0 Å². The molecule has 1 atom stereocenters. The average Bonchev–Trinajstić information content (AvgIpc) is 2.42. The first-order valence-corrected chi connectivity index (χ1v) is 6.86. The average molecular weight is 331 g/mol. The highest BCUT2D eigenvalue weighted by molar-refractivity contribution is 6.42. The van der Waals surface area contributed by atoms with Crippen LogP contribution < -0.4 is 5.32 Å². The Bertz CT molecular complexity index is 631. The zero-order valence-electron chi connectivity index (χ0n) is 10.4. The number of carbonyl (C=O) groups is 1. The standard InChI is InChI=1S/C13H10Cl3N3O/c1-7(8-2-3-9(14)10(15)6-8)17-13(20)11-4-5-12(16)19-18-11/h2-7H,1H3,(H,17,20). The molecule has 1 unspecified atom stereocenters. The minimum atomic E-state index is -0.340. The lowest BCUT2D eigenvalue weighted by molar-refractivity contribution is 0.0934. The van der Waals surface area contributed by atoms with Gasteiger partial charge in [-0.2, -0.15) is 0 Å². The first-order valence-electron chi connectivity index (χ1n) is 5.72. The second-order valence-electron chi connectivity index (χ2n) is 4.11. The summed E-state index contributed by atoms with van der Waals surface area (Å²) in [6.07, 6.45) is 0. The molecule has 1 aromatic carbocycles. The summed E-state index contributed by atoms with van der Waals surface area (Å²) < 4.78 is 0. The maximum absolute atomic E-state index is 12.0. The van der Waals surface area contributed by atoms with Crippen LogP contribution in [-0.2, 0) is 0 Å². The van der Waals surface area contributed by atoms with E-state index in [-0.39, 0.29) is 22.8 Å². The Morgan fingerprint density at radius 1 is 1.10 bits per heavy atom. The number of nitrogens with zero attached hydrogens (tertiary/aromatic N) is 2. The Labute approximate surface area is 131 Å². The van der Waals surface area contributed by atoms with Crippen molar-refractivity contribution in [1.82, 2.24) is 15.5 Å². The van der Waals surface area contributed by atoms with Gasteiger partial charge >= 0.3 is 0 Å². The zero-order chi connectivity index (χ0) is 14.7. The fourth-order valence-corrected chi connectivity index (χ4v) is 1.98. The molecule has 0 radical (unpaired) electrons. The van der Waals surface area contributed by atoms with Crippen molar-refractivity contribution in [2.24, 2.45) is 0 Å². The maximum Gasteiger partial charge on any atom is 0.272 e. The Kier molecular flexibility index (Phi) is 4.81. The van der Waals surface area contributed by atoms with Crippen LogP contribution in [0.15, 0.2) is 30.3 Å². The third-order valence-corrected chi connectivity index (χ3v) is 3.60. The van der Waals surface area contributed by atoms with Crippen LogP contribution in [0.5, 0.6) is 0 Å². The molecule has 7 heteroatoms. The molecular weight excluding hydrogens is 321 g/mol. The summed E-state index contributed by atoms with van der Waals surface area (Å²) in [7, 11) is 0. The van der Waals surface area contributed by atoms with Gasteiger partial charge in [0.1, 0.15) is 0 Å². The van der Waals surface area contributed by atoms with E-state index in [9.17, 15) is 4.79 Å². The highest BCUT2D eigenvalue weighted by Gasteiger charge is 2.14. The van der Waals surface area contributed by atoms with Crippen molar-refractivity contribution < 1.29 is 4.79 Å². The number of benzene rings is 1. The third kappa shape index (κ3) is 3.60. The van der Waals surface area contributed by atoms with E-state index in [0.29, 0.717) is 10.0 Å². The third-order valence-electron chi connectivity index (χ3n) is 2.66. The van der Waals surface area contributed by atoms with Gasteiger partial charge < -0.3 is 5.32 Å². The van der Waals surface area contributed by atoms with E-state index >= 15 is 0 Å². The molecule has 2 rings (SSSR count). The smallest absolute Gasteiger partial charge is 0.272 e. The Hall–Kier alpha value is -1.36. The van der Waals surface area contributed by atoms with Crippen molar-refractivity contribution in [1.29, 1.82) is 0 Å². The van der Waals surface area contributed by atoms with Crippen LogP contribution in [0.1, 0.15) is 29.0 Å². The molecule has 0 saturated heterocycles. The summed E-state index contributed by atoms with van der Waals surface area (Å²) in [6.45, 7) is 1.83. The Morgan fingerprint density at radius 2 is 1.85 bits per heavy atom. The van der Waals surface area contributed by atoms with E-state index in [1.807, 2.05) is 6.92 Å². The van der Waals surface area contributed by atoms with Gasteiger partial charge in [0.2, 0.25) is 0 Å². The monoisotopic (exact) mass is 329 g/mol. The normalized spacial score (nSPS) is 12.0. The molecule has 0 aliphatic carbocycles. The summed E-state index contributed by atoms with van der Waals surface area (Å²) in [5.74, 6) is -0.340. The molecule has 1 N–H and O–H groups in total. The highest BCUT2D eigenvalue weighted by Crippen LogP contribution is 2.25. The van der Waals surface area contributed by atoms with Gasteiger partial charge in [-0.3, -0.25) is 4.79 Å². The minimum absolute atomic E-state index is 0.196. The molecule has 20 heavy (non-hydrogen) atoms. The van der Waals surface area contributed by atoms with Crippen LogP contribution in [-0.4, -0.2) is 16.1 Å². The number of carbonyl (C=O) groups excluding carboxylic acids is 1. The Morgan fingerprint density at radius 3 is 2.45 bits per heavy atom. The van der Waals surface area contributed by atoms with Crippen LogP contribution in [0.2, 0.25) is 15.2 Å². The number of hydrogen-bond acceptors (Lipinski definition) is 3. The van der Waals surface area contributed by atoms with E-state index in [4.69, 9.17) is 34.8 Å². The molecule has 4 nitrogen and oxygen atoms in total. The van der Waals surface area contributed by atoms with Gasteiger partial charge in [-0.15, -0.1) is 10.2 Å². The Balaban J connectivity index is 2.10. The molecule has 0 aliphatic heterocycles. The number of hydrogen-bond donors (Lipinski definition) is 1. The second-order valence-corrected chi connectivity index (χ2v) is 5.31. The number of aromatic nitrogens is 2. The predicted molar refractivity (Wildman–Crippen MR) is 79.4 cm³/mol. The molecule has 1 amide bonds. The molecule has 0 aliphatic rings. The fraction of sp³-hybridized carbons (Fsp3) is 0.154. The van der Waals surface area contributed by atoms with Gasteiger partial charge in [0.15, 0.2) is 10.8 Å². The molecular formula is C13H10Cl3N3O. The van der Waals surface area contributed by atoms with Crippen molar-refractivity contribution in [3.8, 4) is 0 Å².